The summed E-state index contributed by atoms with van der Waals surface area (Å²) in [4.78, 5) is 14.0. The third-order valence-electron chi connectivity index (χ3n) is 2.81. The third kappa shape index (κ3) is 4.83. The Bertz CT molecular complexity index is 742. The largest absolute Gasteiger partial charge is 1.00 e. The van der Waals surface area contributed by atoms with Gasteiger partial charge in [0.15, 0.2) is 15.8 Å². The van der Waals surface area contributed by atoms with Crippen molar-refractivity contribution in [3.63, 3.8) is 0 Å². The number of nitrogens with zero attached hydrogens (tertiary/aromatic N) is 1. The smallest absolute Gasteiger partial charge is 0.417 e. The fraction of sp³-hybridized carbons (Fsp3) is 0.333. The minimum absolute atomic E-state index is 0. The first-order valence-electron chi connectivity index (χ1n) is 5.98. The minimum Gasteiger partial charge on any atom is -1.00 e. The molecule has 1 amide bonds. The van der Waals surface area contributed by atoms with E-state index >= 15 is 0 Å². The summed E-state index contributed by atoms with van der Waals surface area (Å²) in [7, 11) is -4.12. The van der Waals surface area contributed by atoms with Gasteiger partial charge in [0.05, 0.1) is 16.2 Å². The average Bonchev–Trinajstić information content (AvgIpc) is 2.35. The van der Waals surface area contributed by atoms with Crippen LogP contribution in [0.4, 0.5) is 13.2 Å². The van der Waals surface area contributed by atoms with Gasteiger partial charge in [-0.1, -0.05) is 6.92 Å². The highest BCUT2D eigenvalue weighted by molar-refractivity contribution is 7.91. The van der Waals surface area contributed by atoms with Crippen LogP contribution in [0.5, 0.6) is 0 Å². The van der Waals surface area contributed by atoms with Crippen LogP contribution in [-0.4, -0.2) is 26.0 Å². The quantitative estimate of drug-likeness (QED) is 0.481. The van der Waals surface area contributed by atoms with Gasteiger partial charge in [0.2, 0.25) is 0 Å². The maximum absolute atomic E-state index is 13.1. The Morgan fingerprint density at radius 3 is 2.17 bits per heavy atom. The molecule has 0 aliphatic heterocycles. The predicted molar refractivity (Wildman–Crippen MR) is 74.0 cm³/mol. The van der Waals surface area contributed by atoms with Crippen LogP contribution >= 0.6 is 0 Å². The molecule has 0 fully saturated rings. The molecule has 0 aliphatic carbocycles. The standard InChI is InChI=1S/C12H14F3N3O3S.ClH/c1-3-22(20,21)9-4-6(2)7(10(19)18-11(16)17)5-8(9)12(13,14)15;/h4-5H,3H2,1-2H3,(H4,16,17,18,19);1H/p-1. The zero-order valence-electron chi connectivity index (χ0n) is 12.1. The number of guanidine groups is 1. The molecule has 1 aromatic carbocycles. The maximum Gasteiger partial charge on any atom is 0.417 e. The van der Waals surface area contributed by atoms with Crippen molar-refractivity contribution in [3.8, 4) is 0 Å². The molecule has 23 heavy (non-hydrogen) atoms. The van der Waals surface area contributed by atoms with Gasteiger partial charge in [0, 0.05) is 5.56 Å². The van der Waals surface area contributed by atoms with Crippen LogP contribution in [0, 0.1) is 6.92 Å². The number of sulfone groups is 1. The van der Waals surface area contributed by atoms with Crippen molar-refractivity contribution in [3.05, 3.63) is 28.8 Å². The molecule has 0 atom stereocenters. The van der Waals surface area contributed by atoms with Crippen molar-refractivity contribution in [2.45, 2.75) is 24.9 Å². The molecule has 0 saturated heterocycles. The topological polar surface area (TPSA) is 116 Å². The second-order valence-corrected chi connectivity index (χ2v) is 6.65. The summed E-state index contributed by atoms with van der Waals surface area (Å²) < 4.78 is 62.9. The number of hydrogen-bond donors (Lipinski definition) is 2. The normalized spacial score (nSPS) is 11.5. The van der Waals surface area contributed by atoms with Gasteiger partial charge < -0.3 is 23.9 Å². The number of carbonyl (C=O) groups is 1. The molecular formula is C12H14ClF3N3O3S-. The molecule has 1 rings (SSSR count). The predicted octanol–water partition coefficient (Wildman–Crippen LogP) is -1.77. The zero-order valence-corrected chi connectivity index (χ0v) is 13.7. The van der Waals surface area contributed by atoms with Crippen LogP contribution in [0.15, 0.2) is 22.0 Å². The van der Waals surface area contributed by atoms with Crippen LogP contribution in [-0.2, 0) is 16.0 Å². The SMILES string of the molecule is CCS(=O)(=O)c1cc(C)c(C(=O)N=C(N)N)cc1C(F)(F)F.[Cl-]. The molecule has 0 unspecified atom stereocenters. The summed E-state index contributed by atoms with van der Waals surface area (Å²) in [6.07, 6.45) is -4.95. The molecule has 11 heteroatoms. The Labute approximate surface area is 137 Å². The van der Waals surface area contributed by atoms with Crippen molar-refractivity contribution >= 4 is 21.7 Å². The highest BCUT2D eigenvalue weighted by Crippen LogP contribution is 2.36. The van der Waals surface area contributed by atoms with Crippen molar-refractivity contribution < 1.29 is 38.8 Å². The summed E-state index contributed by atoms with van der Waals surface area (Å²) in [6, 6.07) is 1.25. The first-order chi connectivity index (χ1) is 9.90. The number of rotatable bonds is 3. The second kappa shape index (κ2) is 7.18. The molecule has 0 aliphatic rings. The van der Waals surface area contributed by atoms with E-state index < -0.39 is 49.7 Å². The highest BCUT2D eigenvalue weighted by atomic mass is 35.5. The van der Waals surface area contributed by atoms with Crippen LogP contribution in [0.25, 0.3) is 0 Å². The number of nitrogens with two attached hydrogens (primary N) is 2. The number of alkyl halides is 3. The van der Waals surface area contributed by atoms with Crippen LogP contribution < -0.4 is 23.9 Å². The van der Waals surface area contributed by atoms with Crippen LogP contribution in [0.2, 0.25) is 0 Å². The molecule has 1 aromatic rings. The summed E-state index contributed by atoms with van der Waals surface area (Å²) in [5.41, 5.74) is 8.21. The summed E-state index contributed by atoms with van der Waals surface area (Å²) in [5.74, 6) is -2.19. The number of hydrogen-bond acceptors (Lipinski definition) is 3. The third-order valence-corrected chi connectivity index (χ3v) is 4.58. The van der Waals surface area contributed by atoms with Crippen LogP contribution in [0.1, 0.15) is 28.4 Å². The fourth-order valence-corrected chi connectivity index (χ4v) is 2.90. The Hall–Kier alpha value is -1.81. The number of halogens is 4. The van der Waals surface area contributed by atoms with Gasteiger partial charge >= 0.3 is 6.18 Å². The number of amides is 1. The number of benzene rings is 1. The van der Waals surface area contributed by atoms with E-state index in [1.807, 2.05) is 0 Å². The summed E-state index contributed by atoms with van der Waals surface area (Å²) in [6.45, 7) is 2.52. The fourth-order valence-electron chi connectivity index (χ4n) is 1.72. The van der Waals surface area contributed by atoms with Gasteiger partial charge in [-0.05, 0) is 24.6 Å². The van der Waals surface area contributed by atoms with E-state index in [9.17, 15) is 26.4 Å². The van der Waals surface area contributed by atoms with Gasteiger partial charge in [-0.3, -0.25) is 4.79 Å². The Kier molecular flexibility index (Phi) is 6.61. The molecule has 6 nitrogen and oxygen atoms in total. The van der Waals surface area contributed by atoms with E-state index in [2.05, 4.69) is 4.99 Å². The molecule has 0 radical (unpaired) electrons. The number of carbonyl (C=O) groups excluding carboxylic acids is 1. The van der Waals surface area contributed by atoms with Gasteiger partial charge in [-0.2, -0.15) is 18.2 Å². The molecule has 0 spiro atoms. The lowest BCUT2D eigenvalue weighted by molar-refractivity contribution is -0.139. The maximum atomic E-state index is 13.1. The molecular weight excluding hydrogens is 359 g/mol. The monoisotopic (exact) mass is 372 g/mol. The molecule has 0 heterocycles. The molecule has 0 bridgehead atoms. The van der Waals surface area contributed by atoms with Crippen molar-refractivity contribution in [2.24, 2.45) is 16.5 Å². The van der Waals surface area contributed by atoms with E-state index in [0.717, 1.165) is 6.07 Å². The zero-order chi connectivity index (χ0) is 17.3. The number of aryl methyl sites for hydroxylation is 1. The van der Waals surface area contributed by atoms with E-state index in [4.69, 9.17) is 11.5 Å². The van der Waals surface area contributed by atoms with E-state index in [1.165, 1.54) is 13.8 Å². The van der Waals surface area contributed by atoms with Gasteiger partial charge in [-0.25, -0.2) is 8.42 Å². The van der Waals surface area contributed by atoms with Gasteiger partial charge in [-0.15, -0.1) is 0 Å². The summed E-state index contributed by atoms with van der Waals surface area (Å²) >= 11 is 0. The lowest BCUT2D eigenvalue weighted by atomic mass is 10.0. The lowest BCUT2D eigenvalue weighted by Crippen LogP contribution is -3.00. The first kappa shape index (κ1) is 21.2. The van der Waals surface area contributed by atoms with E-state index in [0.29, 0.717) is 6.07 Å². The minimum atomic E-state index is -4.95. The Balaban J connectivity index is 0.00000484. The molecule has 0 aromatic heterocycles. The van der Waals surface area contributed by atoms with E-state index in [1.54, 1.807) is 0 Å². The number of aliphatic imine (C=N–C) groups is 1. The highest BCUT2D eigenvalue weighted by Gasteiger charge is 2.38. The average molecular weight is 373 g/mol. The lowest BCUT2D eigenvalue weighted by Gasteiger charge is -2.15. The van der Waals surface area contributed by atoms with E-state index in [-0.39, 0.29) is 18.0 Å². The van der Waals surface area contributed by atoms with Gasteiger partial charge in [0.25, 0.3) is 5.91 Å². The first-order valence-corrected chi connectivity index (χ1v) is 7.64. The second-order valence-electron chi connectivity index (χ2n) is 4.41. The van der Waals surface area contributed by atoms with Crippen molar-refractivity contribution in [1.29, 1.82) is 0 Å². The van der Waals surface area contributed by atoms with Crippen LogP contribution in [0.3, 0.4) is 0 Å². The molecule has 0 saturated carbocycles. The summed E-state index contributed by atoms with van der Waals surface area (Å²) in [5, 5.41) is 0. The Morgan fingerprint density at radius 2 is 1.78 bits per heavy atom. The molecule has 130 valence electrons. The Morgan fingerprint density at radius 1 is 1.26 bits per heavy atom. The molecule has 4 N–H and O–H groups in total. The van der Waals surface area contributed by atoms with Crippen molar-refractivity contribution in [2.75, 3.05) is 5.75 Å². The van der Waals surface area contributed by atoms with Gasteiger partial charge in [0.1, 0.15) is 0 Å². The van der Waals surface area contributed by atoms with Crippen molar-refractivity contribution in [1.82, 2.24) is 0 Å².